The SMILES string of the molecule is CCOc1ccc2cc(C3CCC(C)=CO3)c(F)c(F)c2c1F. The van der Waals surface area contributed by atoms with Crippen LogP contribution in [0.5, 0.6) is 5.75 Å². The van der Waals surface area contributed by atoms with E-state index < -0.39 is 23.6 Å². The number of halogens is 3. The van der Waals surface area contributed by atoms with Crippen LogP contribution in [-0.2, 0) is 4.74 Å². The van der Waals surface area contributed by atoms with Crippen molar-refractivity contribution in [3.05, 3.63) is 53.0 Å². The predicted octanol–water partition coefficient (Wildman–Crippen LogP) is 5.41. The van der Waals surface area contributed by atoms with Gasteiger partial charge in [0.05, 0.1) is 18.3 Å². The molecule has 0 radical (unpaired) electrons. The van der Waals surface area contributed by atoms with Crippen molar-refractivity contribution >= 4 is 10.8 Å². The van der Waals surface area contributed by atoms with Gasteiger partial charge in [-0.05, 0) is 49.8 Å². The summed E-state index contributed by atoms with van der Waals surface area (Å²) < 4.78 is 53.8. The zero-order chi connectivity index (χ0) is 16.6. The van der Waals surface area contributed by atoms with E-state index in [-0.39, 0.29) is 28.7 Å². The zero-order valence-electron chi connectivity index (χ0n) is 13.0. The average Bonchev–Trinajstić information content (AvgIpc) is 2.54. The lowest BCUT2D eigenvalue weighted by molar-refractivity contribution is 0.116. The molecular weight excluding hydrogens is 305 g/mol. The smallest absolute Gasteiger partial charge is 0.175 e. The van der Waals surface area contributed by atoms with Gasteiger partial charge in [-0.15, -0.1) is 0 Å². The molecule has 5 heteroatoms. The van der Waals surface area contributed by atoms with Crippen LogP contribution < -0.4 is 4.74 Å². The lowest BCUT2D eigenvalue weighted by Gasteiger charge is -2.23. The Bertz CT molecular complexity index is 784. The van der Waals surface area contributed by atoms with Gasteiger partial charge in [0.2, 0.25) is 0 Å². The molecule has 1 aliphatic heterocycles. The highest BCUT2D eigenvalue weighted by Crippen LogP contribution is 2.37. The molecule has 0 aromatic heterocycles. The molecule has 1 unspecified atom stereocenters. The minimum atomic E-state index is -1.20. The lowest BCUT2D eigenvalue weighted by atomic mass is 9.96. The molecule has 0 fully saturated rings. The van der Waals surface area contributed by atoms with Gasteiger partial charge < -0.3 is 9.47 Å². The first-order valence-electron chi connectivity index (χ1n) is 7.57. The summed E-state index contributed by atoms with van der Waals surface area (Å²) in [4.78, 5) is 0. The van der Waals surface area contributed by atoms with Crippen molar-refractivity contribution < 1.29 is 22.6 Å². The second kappa shape index (κ2) is 6.14. The fourth-order valence-corrected chi connectivity index (χ4v) is 2.80. The van der Waals surface area contributed by atoms with Crippen LogP contribution >= 0.6 is 0 Å². The second-order valence-electron chi connectivity index (χ2n) is 5.63. The van der Waals surface area contributed by atoms with E-state index >= 15 is 0 Å². The maximum Gasteiger partial charge on any atom is 0.175 e. The number of rotatable bonds is 3. The topological polar surface area (TPSA) is 18.5 Å². The molecule has 2 aromatic carbocycles. The summed E-state index contributed by atoms with van der Waals surface area (Å²) in [5.41, 5.74) is 1.16. The molecule has 1 atom stereocenters. The van der Waals surface area contributed by atoms with Gasteiger partial charge in [-0.1, -0.05) is 6.07 Å². The Kier molecular flexibility index (Phi) is 4.20. The molecule has 0 amide bonds. The molecule has 0 bridgehead atoms. The second-order valence-corrected chi connectivity index (χ2v) is 5.63. The van der Waals surface area contributed by atoms with Crippen LogP contribution in [0, 0.1) is 17.5 Å². The van der Waals surface area contributed by atoms with E-state index in [4.69, 9.17) is 9.47 Å². The number of fused-ring (bicyclic) bond motifs is 1. The highest BCUT2D eigenvalue weighted by molar-refractivity contribution is 5.86. The molecule has 122 valence electrons. The summed E-state index contributed by atoms with van der Waals surface area (Å²) in [6, 6.07) is 4.40. The maximum absolute atomic E-state index is 14.4. The zero-order valence-corrected chi connectivity index (χ0v) is 13.0. The van der Waals surface area contributed by atoms with Crippen LogP contribution in [0.1, 0.15) is 38.4 Å². The van der Waals surface area contributed by atoms with Crippen molar-refractivity contribution in [3.63, 3.8) is 0 Å². The van der Waals surface area contributed by atoms with Crippen LogP contribution in [0.25, 0.3) is 10.8 Å². The average molecular weight is 322 g/mol. The third-order valence-electron chi connectivity index (χ3n) is 4.00. The van der Waals surface area contributed by atoms with Crippen LogP contribution in [0.4, 0.5) is 13.2 Å². The van der Waals surface area contributed by atoms with Crippen LogP contribution in [0.3, 0.4) is 0 Å². The molecule has 2 nitrogen and oxygen atoms in total. The molecule has 1 heterocycles. The monoisotopic (exact) mass is 322 g/mol. The van der Waals surface area contributed by atoms with Gasteiger partial charge in [0.25, 0.3) is 0 Å². The Morgan fingerprint density at radius 1 is 1.17 bits per heavy atom. The molecule has 0 aliphatic carbocycles. The minimum Gasteiger partial charge on any atom is -0.493 e. The molecule has 3 rings (SSSR count). The number of benzene rings is 2. The van der Waals surface area contributed by atoms with Crippen molar-refractivity contribution in [3.8, 4) is 5.75 Å². The summed E-state index contributed by atoms with van der Waals surface area (Å²) in [5.74, 6) is -3.24. The van der Waals surface area contributed by atoms with Crippen LogP contribution in [-0.4, -0.2) is 6.61 Å². The third-order valence-corrected chi connectivity index (χ3v) is 4.00. The minimum absolute atomic E-state index is 0.0847. The van der Waals surface area contributed by atoms with E-state index in [0.717, 1.165) is 12.0 Å². The lowest BCUT2D eigenvalue weighted by Crippen LogP contribution is -2.10. The molecular formula is C18H17F3O2. The van der Waals surface area contributed by atoms with E-state index in [1.807, 2.05) is 6.92 Å². The first kappa shape index (κ1) is 15.7. The van der Waals surface area contributed by atoms with Crippen molar-refractivity contribution in [2.75, 3.05) is 6.61 Å². The normalized spacial score (nSPS) is 17.8. The van der Waals surface area contributed by atoms with Gasteiger partial charge in [0.15, 0.2) is 23.2 Å². The summed E-state index contributed by atoms with van der Waals surface area (Å²) in [6.07, 6.45) is 2.31. The van der Waals surface area contributed by atoms with E-state index in [1.54, 1.807) is 13.2 Å². The van der Waals surface area contributed by atoms with Gasteiger partial charge in [-0.25, -0.2) is 13.2 Å². The predicted molar refractivity (Wildman–Crippen MR) is 81.8 cm³/mol. The molecule has 1 aliphatic rings. The van der Waals surface area contributed by atoms with E-state index in [0.29, 0.717) is 6.42 Å². The Labute approximate surface area is 132 Å². The van der Waals surface area contributed by atoms with Gasteiger partial charge in [-0.2, -0.15) is 0 Å². The molecule has 0 saturated heterocycles. The van der Waals surface area contributed by atoms with Crippen molar-refractivity contribution in [1.29, 1.82) is 0 Å². The van der Waals surface area contributed by atoms with Crippen molar-refractivity contribution in [2.45, 2.75) is 32.8 Å². The Balaban J connectivity index is 2.13. The van der Waals surface area contributed by atoms with Crippen LogP contribution in [0.15, 0.2) is 30.0 Å². The number of ether oxygens (including phenoxy) is 2. The van der Waals surface area contributed by atoms with Gasteiger partial charge in [0.1, 0.15) is 6.10 Å². The summed E-state index contributed by atoms with van der Waals surface area (Å²) in [7, 11) is 0. The van der Waals surface area contributed by atoms with Gasteiger partial charge >= 0.3 is 0 Å². The van der Waals surface area contributed by atoms with E-state index in [2.05, 4.69) is 0 Å². The van der Waals surface area contributed by atoms with Crippen molar-refractivity contribution in [1.82, 2.24) is 0 Å². The molecule has 0 saturated carbocycles. The maximum atomic E-state index is 14.4. The third kappa shape index (κ3) is 2.76. The fraction of sp³-hybridized carbons (Fsp3) is 0.333. The van der Waals surface area contributed by atoms with E-state index in [9.17, 15) is 13.2 Å². The Morgan fingerprint density at radius 3 is 2.61 bits per heavy atom. The highest BCUT2D eigenvalue weighted by atomic mass is 19.2. The van der Waals surface area contributed by atoms with Crippen LogP contribution in [0.2, 0.25) is 0 Å². The fourth-order valence-electron chi connectivity index (χ4n) is 2.80. The standard InChI is InChI=1S/C18H17F3O2/c1-3-22-14-7-5-11-8-12(13-6-4-10(2)9-23-13)16(19)18(21)15(11)17(14)20/h5,7-9,13H,3-4,6H2,1-2H3. The Hall–Kier alpha value is -2.17. The first-order chi connectivity index (χ1) is 11.0. The summed E-state index contributed by atoms with van der Waals surface area (Å²) in [6.45, 7) is 3.85. The number of allylic oxidation sites excluding steroid dienone is 1. The molecule has 0 N–H and O–H groups in total. The molecule has 23 heavy (non-hydrogen) atoms. The first-order valence-corrected chi connectivity index (χ1v) is 7.57. The summed E-state index contributed by atoms with van der Waals surface area (Å²) >= 11 is 0. The number of hydrogen-bond donors (Lipinski definition) is 0. The molecule has 0 spiro atoms. The number of hydrogen-bond acceptors (Lipinski definition) is 2. The molecule has 2 aromatic rings. The van der Waals surface area contributed by atoms with Gasteiger partial charge in [0, 0.05) is 5.56 Å². The summed E-state index contributed by atoms with van der Waals surface area (Å²) in [5, 5.41) is -0.102. The Morgan fingerprint density at radius 2 is 1.96 bits per heavy atom. The quantitative estimate of drug-likeness (QED) is 0.752. The van der Waals surface area contributed by atoms with Crippen molar-refractivity contribution in [2.24, 2.45) is 0 Å². The van der Waals surface area contributed by atoms with Gasteiger partial charge in [-0.3, -0.25) is 0 Å². The van der Waals surface area contributed by atoms with E-state index in [1.165, 1.54) is 18.2 Å². The highest BCUT2D eigenvalue weighted by Gasteiger charge is 2.25. The largest absolute Gasteiger partial charge is 0.493 e.